The van der Waals surface area contributed by atoms with Gasteiger partial charge in [-0.15, -0.1) is 0 Å². The molecule has 1 saturated heterocycles. The number of anilines is 1. The fourth-order valence-electron chi connectivity index (χ4n) is 2.22. The van der Waals surface area contributed by atoms with Gasteiger partial charge in [-0.2, -0.15) is 0 Å². The zero-order chi connectivity index (χ0) is 16.4. The predicted molar refractivity (Wildman–Crippen MR) is 81.8 cm³/mol. The van der Waals surface area contributed by atoms with E-state index in [4.69, 9.17) is 14.2 Å². The molecule has 0 saturated carbocycles. The molecule has 0 radical (unpaired) electrons. The van der Waals surface area contributed by atoms with Crippen LogP contribution in [-0.2, 0) is 23.8 Å². The number of aliphatic imine (C=N–C) groups is 1. The molecule has 0 atom stereocenters. The zero-order valence-corrected chi connectivity index (χ0v) is 12.8. The lowest BCUT2D eigenvalue weighted by molar-refractivity contribution is -0.222. The second-order valence-corrected chi connectivity index (χ2v) is 5.46. The Bertz CT molecular complexity index is 699. The number of hydrogen-bond donors (Lipinski definition) is 1. The Morgan fingerprint density at radius 3 is 2.52 bits per heavy atom. The minimum atomic E-state index is -1.25. The molecule has 7 heteroatoms. The fraction of sp³-hybridized carbons (Fsp3) is 0.312. The molecule has 1 fully saturated rings. The van der Waals surface area contributed by atoms with Crippen LogP contribution in [0.4, 0.5) is 5.69 Å². The Morgan fingerprint density at radius 1 is 1.17 bits per heavy atom. The number of ether oxygens (including phenoxy) is 3. The first-order valence-corrected chi connectivity index (χ1v) is 7.16. The average Bonchev–Trinajstić information content (AvgIpc) is 2.99. The van der Waals surface area contributed by atoms with E-state index in [1.807, 2.05) is 18.2 Å². The van der Waals surface area contributed by atoms with Crippen molar-refractivity contribution in [2.24, 2.45) is 4.99 Å². The number of cyclic esters (lactones) is 2. The van der Waals surface area contributed by atoms with Gasteiger partial charge in [0.1, 0.15) is 6.61 Å². The van der Waals surface area contributed by atoms with E-state index >= 15 is 0 Å². The maximum Gasteiger partial charge on any atom is 0.350 e. The summed E-state index contributed by atoms with van der Waals surface area (Å²) >= 11 is 0. The smallest absolute Gasteiger partial charge is 0.350 e. The molecule has 0 aliphatic carbocycles. The number of nitrogens with zero attached hydrogens (tertiary/aromatic N) is 1. The minimum absolute atomic E-state index is 0.201. The molecule has 0 aromatic heterocycles. The number of nitrogens with one attached hydrogen (secondary N) is 1. The predicted octanol–water partition coefficient (Wildman–Crippen LogP) is 1.60. The molecule has 23 heavy (non-hydrogen) atoms. The second kappa shape index (κ2) is 5.75. The van der Waals surface area contributed by atoms with Crippen LogP contribution in [0.1, 0.15) is 19.4 Å². The minimum Gasteiger partial charge on any atom is -0.475 e. The standard InChI is InChI=1S/C16H16N2O5/c1-16(2)22-14(19)11(15(20)23-16)9-18-12-6-4-3-5-10(12)13-17-7-8-21-13/h3-6,9,18H,7-8H2,1-2H3. The van der Waals surface area contributed by atoms with Crippen molar-refractivity contribution >= 4 is 23.5 Å². The normalized spacial score (nSPS) is 19.4. The molecule has 120 valence electrons. The van der Waals surface area contributed by atoms with Crippen molar-refractivity contribution < 1.29 is 23.8 Å². The monoisotopic (exact) mass is 316 g/mol. The summed E-state index contributed by atoms with van der Waals surface area (Å²) in [6.07, 6.45) is 1.27. The quantitative estimate of drug-likeness (QED) is 0.518. The van der Waals surface area contributed by atoms with Gasteiger partial charge >= 0.3 is 11.9 Å². The van der Waals surface area contributed by atoms with Crippen molar-refractivity contribution in [1.82, 2.24) is 0 Å². The van der Waals surface area contributed by atoms with E-state index in [9.17, 15) is 9.59 Å². The highest BCUT2D eigenvalue weighted by atomic mass is 16.7. The number of benzene rings is 1. The van der Waals surface area contributed by atoms with Gasteiger partial charge in [-0.05, 0) is 12.1 Å². The van der Waals surface area contributed by atoms with Gasteiger partial charge < -0.3 is 19.5 Å². The number of hydrogen-bond acceptors (Lipinski definition) is 7. The van der Waals surface area contributed by atoms with Crippen LogP contribution in [0.2, 0.25) is 0 Å². The molecule has 7 nitrogen and oxygen atoms in total. The number of carbonyl (C=O) groups is 2. The molecule has 0 bridgehead atoms. The first kappa shape index (κ1) is 15.1. The van der Waals surface area contributed by atoms with Gasteiger partial charge in [-0.25, -0.2) is 14.6 Å². The number of carbonyl (C=O) groups excluding carboxylic acids is 2. The lowest BCUT2D eigenvalue weighted by atomic mass is 10.1. The van der Waals surface area contributed by atoms with Crippen molar-refractivity contribution in [2.45, 2.75) is 19.6 Å². The maximum absolute atomic E-state index is 11.9. The molecule has 0 spiro atoms. The highest BCUT2D eigenvalue weighted by molar-refractivity contribution is 6.15. The van der Waals surface area contributed by atoms with E-state index in [1.54, 1.807) is 6.07 Å². The van der Waals surface area contributed by atoms with Crippen LogP contribution in [-0.4, -0.2) is 36.8 Å². The summed E-state index contributed by atoms with van der Waals surface area (Å²) in [6.45, 7) is 4.15. The summed E-state index contributed by atoms with van der Waals surface area (Å²) in [5.74, 6) is -2.19. The largest absolute Gasteiger partial charge is 0.475 e. The molecule has 1 N–H and O–H groups in total. The van der Waals surface area contributed by atoms with E-state index in [-0.39, 0.29) is 5.57 Å². The van der Waals surface area contributed by atoms with Crippen molar-refractivity contribution in [3.05, 3.63) is 41.6 Å². The second-order valence-electron chi connectivity index (χ2n) is 5.46. The van der Waals surface area contributed by atoms with Crippen molar-refractivity contribution in [2.75, 3.05) is 18.5 Å². The maximum atomic E-state index is 11.9. The van der Waals surface area contributed by atoms with Crippen LogP contribution in [0, 0.1) is 0 Å². The van der Waals surface area contributed by atoms with Gasteiger partial charge in [0.2, 0.25) is 5.90 Å². The number of esters is 2. The first-order chi connectivity index (χ1) is 11.0. The Hall–Kier alpha value is -2.83. The van der Waals surface area contributed by atoms with Gasteiger partial charge in [0.15, 0.2) is 5.57 Å². The average molecular weight is 316 g/mol. The third-order valence-corrected chi connectivity index (χ3v) is 3.23. The molecule has 1 aromatic rings. The van der Waals surface area contributed by atoms with Crippen molar-refractivity contribution in [3.8, 4) is 0 Å². The van der Waals surface area contributed by atoms with Gasteiger partial charge in [0.05, 0.1) is 17.8 Å². The molecule has 2 aliphatic rings. The third kappa shape index (κ3) is 3.18. The van der Waals surface area contributed by atoms with Crippen molar-refractivity contribution in [3.63, 3.8) is 0 Å². The van der Waals surface area contributed by atoms with E-state index in [1.165, 1.54) is 20.0 Å². The topological polar surface area (TPSA) is 86.2 Å². The highest BCUT2D eigenvalue weighted by Gasteiger charge is 2.39. The summed E-state index contributed by atoms with van der Waals surface area (Å²) in [4.78, 5) is 28.1. The van der Waals surface area contributed by atoms with Crippen LogP contribution in [0.5, 0.6) is 0 Å². The number of para-hydroxylation sites is 1. The molecule has 2 aliphatic heterocycles. The van der Waals surface area contributed by atoms with Gasteiger partial charge in [0, 0.05) is 20.0 Å². The van der Waals surface area contributed by atoms with Crippen molar-refractivity contribution in [1.29, 1.82) is 0 Å². The molecular weight excluding hydrogens is 300 g/mol. The molecule has 3 rings (SSSR count). The van der Waals surface area contributed by atoms with E-state index < -0.39 is 17.7 Å². The van der Waals surface area contributed by atoms with Gasteiger partial charge in [-0.3, -0.25) is 0 Å². The summed E-state index contributed by atoms with van der Waals surface area (Å²) < 4.78 is 15.5. The Kier molecular flexibility index (Phi) is 3.77. The summed E-state index contributed by atoms with van der Waals surface area (Å²) in [6, 6.07) is 7.30. The molecule has 1 aromatic carbocycles. The summed E-state index contributed by atoms with van der Waals surface area (Å²) in [7, 11) is 0. The Balaban J connectivity index is 1.83. The summed E-state index contributed by atoms with van der Waals surface area (Å²) in [5, 5.41) is 2.92. The van der Waals surface area contributed by atoms with Crippen LogP contribution >= 0.6 is 0 Å². The fourth-order valence-corrected chi connectivity index (χ4v) is 2.22. The van der Waals surface area contributed by atoms with Gasteiger partial charge in [-0.1, -0.05) is 12.1 Å². The first-order valence-electron chi connectivity index (χ1n) is 7.16. The van der Waals surface area contributed by atoms with E-state index in [0.717, 1.165) is 5.56 Å². The Morgan fingerprint density at radius 2 is 1.87 bits per heavy atom. The third-order valence-electron chi connectivity index (χ3n) is 3.23. The highest BCUT2D eigenvalue weighted by Crippen LogP contribution is 2.24. The molecule has 0 amide bonds. The van der Waals surface area contributed by atoms with Crippen LogP contribution in [0.3, 0.4) is 0 Å². The SMILES string of the molecule is CC1(C)OC(=O)C(=CNc2ccccc2C2=NCCO2)C(=O)O1. The van der Waals surface area contributed by atoms with Crippen LogP contribution in [0.25, 0.3) is 0 Å². The Labute approximate surface area is 132 Å². The lowest BCUT2D eigenvalue weighted by Crippen LogP contribution is -2.42. The van der Waals surface area contributed by atoms with Crippen LogP contribution < -0.4 is 5.32 Å². The zero-order valence-electron chi connectivity index (χ0n) is 12.8. The van der Waals surface area contributed by atoms with E-state index in [0.29, 0.717) is 24.7 Å². The van der Waals surface area contributed by atoms with Crippen LogP contribution in [0.15, 0.2) is 41.0 Å². The van der Waals surface area contributed by atoms with Gasteiger partial charge in [0.25, 0.3) is 5.79 Å². The molecular formula is C16H16N2O5. The van der Waals surface area contributed by atoms with E-state index in [2.05, 4.69) is 10.3 Å². The lowest BCUT2D eigenvalue weighted by Gasteiger charge is -2.29. The molecule has 2 heterocycles. The summed E-state index contributed by atoms with van der Waals surface area (Å²) in [5.41, 5.74) is 1.21. The number of rotatable bonds is 3. The molecule has 0 unspecified atom stereocenters.